The molecule has 1 aromatic heterocycles. The van der Waals surface area contributed by atoms with Gasteiger partial charge in [-0.1, -0.05) is 36.4 Å². The van der Waals surface area contributed by atoms with Gasteiger partial charge in [0.2, 0.25) is 0 Å². The minimum absolute atomic E-state index is 0.0917. The lowest BCUT2D eigenvalue weighted by Crippen LogP contribution is -2.41. The van der Waals surface area contributed by atoms with Crippen molar-refractivity contribution in [3.63, 3.8) is 0 Å². The summed E-state index contributed by atoms with van der Waals surface area (Å²) in [6, 6.07) is 17.0. The number of anilines is 2. The molecular weight excluding hydrogens is 416 g/mol. The van der Waals surface area contributed by atoms with E-state index in [9.17, 15) is 9.59 Å². The number of aryl methyl sites for hydroxylation is 2. The first-order valence-corrected chi connectivity index (χ1v) is 11.2. The molecule has 3 aromatic rings. The molecule has 2 aromatic carbocycles. The standard InChI is InChI=1S/C25H30N6O2/c1-17-7-3-5-9-21(17)29-25(33)28-19-11-13-31(16-19)14-12-26-24(32)30-23-15-18(2)27-22-10-6-4-8-20(22)23/h3-10,15,19H,11-14,16H2,1-2H3,(H2,28,29,33)(H2,26,27,30,32). The maximum Gasteiger partial charge on any atom is 0.319 e. The predicted octanol–water partition coefficient (Wildman–Crippen LogP) is 3.87. The first-order valence-electron chi connectivity index (χ1n) is 11.2. The summed E-state index contributed by atoms with van der Waals surface area (Å²) < 4.78 is 0. The van der Waals surface area contributed by atoms with Crippen LogP contribution in [0.15, 0.2) is 54.6 Å². The number of para-hydroxylation sites is 2. The van der Waals surface area contributed by atoms with Gasteiger partial charge in [-0.2, -0.15) is 0 Å². The maximum atomic E-state index is 12.4. The second kappa shape index (κ2) is 10.3. The van der Waals surface area contributed by atoms with Crippen molar-refractivity contribution in [2.24, 2.45) is 0 Å². The molecule has 8 heteroatoms. The highest BCUT2D eigenvalue weighted by molar-refractivity contribution is 6.00. The van der Waals surface area contributed by atoms with Gasteiger partial charge in [0, 0.05) is 49.0 Å². The van der Waals surface area contributed by atoms with Crippen LogP contribution in [-0.2, 0) is 0 Å². The first-order chi connectivity index (χ1) is 16.0. The number of carbonyl (C=O) groups is 2. The van der Waals surface area contributed by atoms with Gasteiger partial charge in [0.25, 0.3) is 0 Å². The van der Waals surface area contributed by atoms with Crippen molar-refractivity contribution in [2.75, 3.05) is 36.8 Å². The smallest absolute Gasteiger partial charge is 0.319 e. The highest BCUT2D eigenvalue weighted by Crippen LogP contribution is 2.22. The van der Waals surface area contributed by atoms with Crippen LogP contribution in [0, 0.1) is 13.8 Å². The predicted molar refractivity (Wildman–Crippen MR) is 132 cm³/mol. The lowest BCUT2D eigenvalue weighted by Gasteiger charge is -2.18. The van der Waals surface area contributed by atoms with Crippen LogP contribution in [0.5, 0.6) is 0 Å². The summed E-state index contributed by atoms with van der Waals surface area (Å²) in [5, 5.41) is 12.7. The number of carbonyl (C=O) groups excluding carboxylic acids is 2. The van der Waals surface area contributed by atoms with E-state index in [1.165, 1.54) is 0 Å². The van der Waals surface area contributed by atoms with Crippen LogP contribution in [-0.4, -0.2) is 54.2 Å². The normalized spacial score (nSPS) is 15.9. The van der Waals surface area contributed by atoms with Crippen LogP contribution in [0.3, 0.4) is 0 Å². The second-order valence-electron chi connectivity index (χ2n) is 8.41. The van der Waals surface area contributed by atoms with Crippen LogP contribution in [0.25, 0.3) is 10.9 Å². The lowest BCUT2D eigenvalue weighted by molar-refractivity contribution is 0.246. The third-order valence-electron chi connectivity index (χ3n) is 5.81. The summed E-state index contributed by atoms with van der Waals surface area (Å²) in [6.07, 6.45) is 0.885. The van der Waals surface area contributed by atoms with Crippen LogP contribution < -0.4 is 21.3 Å². The molecule has 0 saturated carbocycles. The number of likely N-dealkylation sites (tertiary alicyclic amines) is 1. The van der Waals surface area contributed by atoms with Crippen molar-refractivity contribution in [3.05, 3.63) is 65.9 Å². The van der Waals surface area contributed by atoms with E-state index in [0.717, 1.165) is 59.6 Å². The van der Waals surface area contributed by atoms with Gasteiger partial charge in [-0.3, -0.25) is 9.88 Å². The summed E-state index contributed by atoms with van der Waals surface area (Å²) in [4.78, 5) is 31.5. The average molecular weight is 447 g/mol. The van der Waals surface area contributed by atoms with E-state index in [-0.39, 0.29) is 18.1 Å². The summed E-state index contributed by atoms with van der Waals surface area (Å²) >= 11 is 0. The van der Waals surface area contributed by atoms with Crippen molar-refractivity contribution in [1.29, 1.82) is 0 Å². The average Bonchev–Trinajstić information content (AvgIpc) is 3.22. The number of nitrogens with one attached hydrogen (secondary N) is 4. The molecule has 1 unspecified atom stereocenters. The zero-order valence-electron chi connectivity index (χ0n) is 19.0. The van der Waals surface area contributed by atoms with Gasteiger partial charge in [0.1, 0.15) is 0 Å². The molecule has 0 bridgehead atoms. The summed E-state index contributed by atoms with van der Waals surface area (Å²) in [7, 11) is 0. The van der Waals surface area contributed by atoms with Crippen LogP contribution >= 0.6 is 0 Å². The van der Waals surface area contributed by atoms with Gasteiger partial charge in [-0.15, -0.1) is 0 Å². The zero-order valence-corrected chi connectivity index (χ0v) is 19.0. The highest BCUT2D eigenvalue weighted by Gasteiger charge is 2.23. The Morgan fingerprint density at radius 2 is 1.76 bits per heavy atom. The largest absolute Gasteiger partial charge is 0.337 e. The van der Waals surface area contributed by atoms with Crippen molar-refractivity contribution < 1.29 is 9.59 Å². The molecule has 1 atom stereocenters. The summed E-state index contributed by atoms with van der Waals surface area (Å²) in [5.41, 5.74) is 4.30. The fourth-order valence-corrected chi connectivity index (χ4v) is 4.12. The number of pyridine rings is 1. The Bertz CT molecular complexity index is 1150. The Hall–Kier alpha value is -3.65. The molecule has 1 saturated heterocycles. The van der Waals surface area contributed by atoms with Crippen LogP contribution in [0.4, 0.5) is 21.0 Å². The third-order valence-corrected chi connectivity index (χ3v) is 5.81. The van der Waals surface area contributed by atoms with E-state index in [4.69, 9.17) is 0 Å². The van der Waals surface area contributed by atoms with Crippen molar-refractivity contribution in [1.82, 2.24) is 20.5 Å². The number of amides is 4. The Morgan fingerprint density at radius 1 is 1.00 bits per heavy atom. The molecule has 1 aliphatic heterocycles. The van der Waals surface area contributed by atoms with E-state index in [2.05, 4.69) is 31.2 Å². The number of urea groups is 2. The van der Waals surface area contributed by atoms with Crippen LogP contribution in [0.2, 0.25) is 0 Å². The number of aromatic nitrogens is 1. The van der Waals surface area contributed by atoms with Gasteiger partial charge in [0.15, 0.2) is 0 Å². The van der Waals surface area contributed by atoms with E-state index < -0.39 is 0 Å². The number of fused-ring (bicyclic) bond motifs is 1. The fraction of sp³-hybridized carbons (Fsp3) is 0.320. The van der Waals surface area contributed by atoms with E-state index in [1.807, 2.05) is 68.4 Å². The number of rotatable bonds is 6. The van der Waals surface area contributed by atoms with E-state index in [1.54, 1.807) is 0 Å². The second-order valence-corrected chi connectivity index (χ2v) is 8.41. The number of nitrogens with zero attached hydrogens (tertiary/aromatic N) is 2. The molecular formula is C25H30N6O2. The minimum atomic E-state index is -0.239. The monoisotopic (exact) mass is 446 g/mol. The molecule has 8 nitrogen and oxygen atoms in total. The zero-order chi connectivity index (χ0) is 23.2. The molecule has 4 rings (SSSR count). The van der Waals surface area contributed by atoms with Crippen molar-refractivity contribution >= 4 is 34.3 Å². The lowest BCUT2D eigenvalue weighted by atomic mass is 10.1. The van der Waals surface area contributed by atoms with Gasteiger partial charge < -0.3 is 21.3 Å². The SMILES string of the molecule is Cc1cc(NC(=O)NCCN2CCC(NC(=O)Nc3ccccc3C)C2)c2ccccc2n1. The van der Waals surface area contributed by atoms with Gasteiger partial charge in [-0.05, 0) is 44.0 Å². The Labute approximate surface area is 193 Å². The summed E-state index contributed by atoms with van der Waals surface area (Å²) in [6.45, 7) is 6.77. The molecule has 4 N–H and O–H groups in total. The van der Waals surface area contributed by atoms with Gasteiger partial charge in [-0.25, -0.2) is 9.59 Å². The van der Waals surface area contributed by atoms with E-state index in [0.29, 0.717) is 6.54 Å². The Kier molecular flexibility index (Phi) is 7.04. The first kappa shape index (κ1) is 22.5. The molecule has 1 fully saturated rings. The molecule has 0 spiro atoms. The van der Waals surface area contributed by atoms with E-state index >= 15 is 0 Å². The molecule has 1 aliphatic rings. The fourth-order valence-electron chi connectivity index (χ4n) is 4.12. The van der Waals surface area contributed by atoms with Gasteiger partial charge in [0.05, 0.1) is 11.2 Å². The topological polar surface area (TPSA) is 98.4 Å². The summed E-state index contributed by atoms with van der Waals surface area (Å²) in [5.74, 6) is 0. The van der Waals surface area contributed by atoms with Crippen LogP contribution in [0.1, 0.15) is 17.7 Å². The number of benzene rings is 2. The minimum Gasteiger partial charge on any atom is -0.337 e. The maximum absolute atomic E-state index is 12.4. The van der Waals surface area contributed by atoms with Crippen molar-refractivity contribution in [2.45, 2.75) is 26.3 Å². The van der Waals surface area contributed by atoms with Crippen molar-refractivity contribution in [3.8, 4) is 0 Å². The number of hydrogen-bond acceptors (Lipinski definition) is 4. The number of hydrogen-bond donors (Lipinski definition) is 4. The Morgan fingerprint density at radius 3 is 2.61 bits per heavy atom. The molecule has 172 valence electrons. The molecule has 33 heavy (non-hydrogen) atoms. The molecule has 0 radical (unpaired) electrons. The Balaban J connectivity index is 1.20. The molecule has 2 heterocycles. The third kappa shape index (κ3) is 5.98. The van der Waals surface area contributed by atoms with Gasteiger partial charge >= 0.3 is 12.1 Å². The molecule has 4 amide bonds. The molecule has 0 aliphatic carbocycles. The highest BCUT2D eigenvalue weighted by atomic mass is 16.2. The quantitative estimate of drug-likeness (QED) is 0.462.